The van der Waals surface area contributed by atoms with Crippen LogP contribution in [0.15, 0.2) is 10.4 Å². The summed E-state index contributed by atoms with van der Waals surface area (Å²) in [6.07, 6.45) is 0.580. The second kappa shape index (κ2) is 8.44. The van der Waals surface area contributed by atoms with Gasteiger partial charge in [0.15, 0.2) is 5.96 Å². The maximum atomic E-state index is 9.66. The second-order valence-electron chi connectivity index (χ2n) is 6.44. The van der Waals surface area contributed by atoms with Crippen molar-refractivity contribution in [2.24, 2.45) is 4.99 Å². The highest BCUT2D eigenvalue weighted by Gasteiger charge is 2.23. The van der Waals surface area contributed by atoms with Crippen molar-refractivity contribution in [2.75, 3.05) is 19.6 Å². The first-order valence-corrected chi connectivity index (χ1v) is 8.44. The first kappa shape index (κ1) is 19.6. The SMILES string of the molecule is CCNC(=NCc1nc(C(C)(C)C)cs1)N1CC[C@@H](O)C1.I. The molecule has 0 bridgehead atoms. The Kier molecular flexibility index (Phi) is 7.54. The molecule has 0 saturated carbocycles. The molecule has 0 unspecified atom stereocenters. The molecule has 0 amide bonds. The summed E-state index contributed by atoms with van der Waals surface area (Å²) in [6, 6.07) is 0. The minimum Gasteiger partial charge on any atom is -0.391 e. The largest absolute Gasteiger partial charge is 0.391 e. The number of likely N-dealkylation sites (tertiary alicyclic amines) is 1. The third-order valence-corrected chi connectivity index (χ3v) is 4.32. The van der Waals surface area contributed by atoms with Crippen LogP contribution in [0.3, 0.4) is 0 Å². The van der Waals surface area contributed by atoms with Gasteiger partial charge in [0.2, 0.25) is 0 Å². The highest BCUT2D eigenvalue weighted by Crippen LogP contribution is 2.24. The fourth-order valence-corrected chi connectivity index (χ4v) is 3.17. The number of aromatic nitrogens is 1. The number of β-amino-alcohol motifs (C(OH)–C–C–N with tert-alkyl or cyclic N) is 1. The van der Waals surface area contributed by atoms with Crippen molar-refractivity contribution in [3.63, 3.8) is 0 Å². The topological polar surface area (TPSA) is 60.8 Å². The van der Waals surface area contributed by atoms with Crippen LogP contribution >= 0.6 is 35.3 Å². The number of hydrogen-bond acceptors (Lipinski definition) is 4. The Hall–Kier alpha value is -0.410. The monoisotopic (exact) mass is 438 g/mol. The van der Waals surface area contributed by atoms with Gasteiger partial charge in [-0.2, -0.15) is 0 Å². The van der Waals surface area contributed by atoms with Crippen molar-refractivity contribution in [1.82, 2.24) is 15.2 Å². The van der Waals surface area contributed by atoms with Crippen molar-refractivity contribution < 1.29 is 5.11 Å². The lowest BCUT2D eigenvalue weighted by atomic mass is 9.93. The molecule has 5 nitrogen and oxygen atoms in total. The summed E-state index contributed by atoms with van der Waals surface area (Å²) in [5.41, 5.74) is 1.21. The second-order valence-corrected chi connectivity index (χ2v) is 7.38. The Bertz CT molecular complexity index is 498. The van der Waals surface area contributed by atoms with Crippen LogP contribution in [0.5, 0.6) is 0 Å². The van der Waals surface area contributed by atoms with Crippen LogP contribution in [0.2, 0.25) is 0 Å². The van der Waals surface area contributed by atoms with Gasteiger partial charge in [-0.05, 0) is 13.3 Å². The van der Waals surface area contributed by atoms with Crippen molar-refractivity contribution in [2.45, 2.75) is 52.2 Å². The van der Waals surface area contributed by atoms with E-state index in [2.05, 4.69) is 53.3 Å². The standard InChI is InChI=1S/C15H26N4OS.HI/c1-5-16-14(19-7-6-11(20)9-19)17-8-13-18-12(10-21-13)15(2,3)4;/h10-11,20H,5-9H2,1-4H3,(H,16,17);1H/t11-;/m1./s1. The predicted molar refractivity (Wildman–Crippen MR) is 103 cm³/mol. The van der Waals surface area contributed by atoms with Crippen LogP contribution < -0.4 is 5.32 Å². The number of guanidine groups is 1. The van der Waals surface area contributed by atoms with E-state index in [4.69, 9.17) is 0 Å². The highest BCUT2D eigenvalue weighted by molar-refractivity contribution is 14.0. The maximum Gasteiger partial charge on any atom is 0.194 e. The van der Waals surface area contributed by atoms with Crippen molar-refractivity contribution in [3.8, 4) is 0 Å². The lowest BCUT2D eigenvalue weighted by Crippen LogP contribution is -2.40. The van der Waals surface area contributed by atoms with Crippen molar-refractivity contribution >= 4 is 41.3 Å². The molecule has 1 atom stereocenters. The average molecular weight is 438 g/mol. The molecule has 1 aliphatic heterocycles. The quantitative estimate of drug-likeness (QED) is 0.433. The zero-order chi connectivity index (χ0) is 15.5. The van der Waals surface area contributed by atoms with E-state index in [-0.39, 0.29) is 35.5 Å². The summed E-state index contributed by atoms with van der Waals surface area (Å²) in [6.45, 7) is 11.5. The van der Waals surface area contributed by atoms with Crippen LogP contribution in [0.25, 0.3) is 0 Å². The molecule has 0 spiro atoms. The fraction of sp³-hybridized carbons (Fsp3) is 0.733. The van der Waals surface area contributed by atoms with Gasteiger partial charge in [0.25, 0.3) is 0 Å². The van der Waals surface area contributed by atoms with Crippen LogP contribution in [0, 0.1) is 0 Å². The minimum atomic E-state index is -0.235. The number of aliphatic hydroxyl groups is 1. The number of nitrogens with zero attached hydrogens (tertiary/aromatic N) is 3. The third kappa shape index (κ3) is 5.34. The Balaban J connectivity index is 0.00000242. The number of hydrogen-bond donors (Lipinski definition) is 2. The summed E-state index contributed by atoms with van der Waals surface area (Å²) < 4.78 is 0. The molecule has 1 aromatic rings. The molecule has 22 heavy (non-hydrogen) atoms. The van der Waals surface area contributed by atoms with Gasteiger partial charge < -0.3 is 15.3 Å². The van der Waals surface area contributed by atoms with Gasteiger partial charge in [-0.15, -0.1) is 35.3 Å². The Morgan fingerprint density at radius 3 is 2.77 bits per heavy atom. The number of aliphatic hydroxyl groups excluding tert-OH is 1. The van der Waals surface area contributed by atoms with Gasteiger partial charge in [-0.1, -0.05) is 20.8 Å². The Labute approximate surface area is 154 Å². The van der Waals surface area contributed by atoms with Crippen LogP contribution in [-0.2, 0) is 12.0 Å². The van der Waals surface area contributed by atoms with Crippen molar-refractivity contribution in [3.05, 3.63) is 16.1 Å². The number of aliphatic imine (C=N–C) groups is 1. The van der Waals surface area contributed by atoms with E-state index in [1.165, 1.54) is 0 Å². The van der Waals surface area contributed by atoms with E-state index >= 15 is 0 Å². The van der Waals surface area contributed by atoms with Gasteiger partial charge in [0, 0.05) is 30.4 Å². The number of thiazole rings is 1. The molecule has 0 radical (unpaired) electrons. The molecule has 2 rings (SSSR count). The van der Waals surface area contributed by atoms with Gasteiger partial charge in [-0.25, -0.2) is 9.98 Å². The number of halogens is 1. The Morgan fingerprint density at radius 1 is 1.55 bits per heavy atom. The molecular weight excluding hydrogens is 411 g/mol. The molecule has 7 heteroatoms. The Morgan fingerprint density at radius 2 is 2.27 bits per heavy atom. The summed E-state index contributed by atoms with van der Waals surface area (Å²) in [5.74, 6) is 0.876. The van der Waals surface area contributed by atoms with Gasteiger partial charge in [0.1, 0.15) is 5.01 Å². The predicted octanol–water partition coefficient (Wildman–Crippen LogP) is 2.59. The molecule has 2 heterocycles. The number of nitrogens with one attached hydrogen (secondary N) is 1. The molecule has 2 N–H and O–H groups in total. The molecule has 1 aromatic heterocycles. The lowest BCUT2D eigenvalue weighted by molar-refractivity contribution is 0.188. The van der Waals surface area contributed by atoms with E-state index < -0.39 is 0 Å². The van der Waals surface area contributed by atoms with E-state index in [1.807, 2.05) is 0 Å². The number of rotatable bonds is 3. The lowest BCUT2D eigenvalue weighted by Gasteiger charge is -2.20. The zero-order valence-corrected chi connectivity index (χ0v) is 16.9. The normalized spacial score (nSPS) is 19.2. The van der Waals surface area contributed by atoms with E-state index in [9.17, 15) is 5.11 Å². The third-order valence-electron chi connectivity index (χ3n) is 3.48. The summed E-state index contributed by atoms with van der Waals surface area (Å²) in [7, 11) is 0. The highest BCUT2D eigenvalue weighted by atomic mass is 127. The molecular formula is C15H27IN4OS. The molecule has 1 saturated heterocycles. The first-order chi connectivity index (χ1) is 9.90. The van der Waals surface area contributed by atoms with Crippen molar-refractivity contribution in [1.29, 1.82) is 0 Å². The summed E-state index contributed by atoms with van der Waals surface area (Å²) >= 11 is 1.67. The van der Waals surface area contributed by atoms with Crippen LogP contribution in [-0.4, -0.2) is 46.7 Å². The maximum absolute atomic E-state index is 9.66. The summed E-state index contributed by atoms with van der Waals surface area (Å²) in [4.78, 5) is 11.5. The first-order valence-electron chi connectivity index (χ1n) is 7.56. The van der Waals surface area contributed by atoms with Gasteiger partial charge in [0.05, 0.1) is 18.3 Å². The average Bonchev–Trinajstić information content (AvgIpc) is 3.02. The van der Waals surface area contributed by atoms with E-state index in [0.717, 1.165) is 36.2 Å². The molecule has 126 valence electrons. The minimum absolute atomic E-state index is 0. The smallest absolute Gasteiger partial charge is 0.194 e. The molecule has 1 fully saturated rings. The molecule has 0 aromatic carbocycles. The summed E-state index contributed by atoms with van der Waals surface area (Å²) in [5, 5.41) is 16.1. The van der Waals surface area contributed by atoms with Crippen LogP contribution in [0.1, 0.15) is 44.8 Å². The van der Waals surface area contributed by atoms with Gasteiger partial charge in [-0.3, -0.25) is 0 Å². The van der Waals surface area contributed by atoms with Gasteiger partial charge >= 0.3 is 0 Å². The fourth-order valence-electron chi connectivity index (χ4n) is 2.23. The molecule has 1 aliphatic rings. The van der Waals surface area contributed by atoms with E-state index in [0.29, 0.717) is 13.1 Å². The molecule has 0 aliphatic carbocycles. The zero-order valence-electron chi connectivity index (χ0n) is 13.8. The van der Waals surface area contributed by atoms with E-state index in [1.54, 1.807) is 11.3 Å². The van der Waals surface area contributed by atoms with Crippen LogP contribution in [0.4, 0.5) is 0 Å².